The van der Waals surface area contributed by atoms with Gasteiger partial charge in [0.05, 0.1) is 5.56 Å². The van der Waals surface area contributed by atoms with Crippen LogP contribution in [0.5, 0.6) is 0 Å². The van der Waals surface area contributed by atoms with Crippen LogP contribution in [-0.2, 0) is 16.2 Å². The van der Waals surface area contributed by atoms with Crippen molar-refractivity contribution in [3.8, 4) is 0 Å². The molecule has 1 aliphatic rings. The number of rotatable bonds is 8. The number of carbonyl (C=O) groups is 1. The Morgan fingerprint density at radius 1 is 1.08 bits per heavy atom. The summed E-state index contributed by atoms with van der Waals surface area (Å²) in [5.41, 5.74) is 1.82. The molecule has 2 unspecified atom stereocenters. The number of unbranched alkanes of at least 4 members (excludes halogenated alkanes) is 3. The minimum atomic E-state index is -0.412. The number of benzene rings is 1. The Labute approximate surface area is 146 Å². The molecular weight excluding hydrogens is 300 g/mol. The number of hydrogen-bond acceptors (Lipinski definition) is 3. The lowest BCUT2D eigenvalue weighted by atomic mass is 9.82. The van der Waals surface area contributed by atoms with Crippen LogP contribution in [0.25, 0.3) is 0 Å². The average molecular weight is 331 g/mol. The Morgan fingerprint density at radius 3 is 2.54 bits per heavy atom. The highest BCUT2D eigenvalue weighted by atomic mass is 17.2. The van der Waals surface area contributed by atoms with Crippen LogP contribution in [0.2, 0.25) is 0 Å². The first-order valence-electron chi connectivity index (χ1n) is 9.43. The summed E-state index contributed by atoms with van der Waals surface area (Å²) in [6, 6.07) is 7.69. The summed E-state index contributed by atoms with van der Waals surface area (Å²) in [7, 11) is 0. The Bertz CT molecular complexity index is 494. The van der Waals surface area contributed by atoms with Gasteiger partial charge in [-0.25, -0.2) is 4.79 Å². The van der Waals surface area contributed by atoms with Crippen LogP contribution >= 0.6 is 0 Å². The molecule has 1 aromatic carbocycles. The maximum Gasteiger partial charge on any atom is 0.373 e. The van der Waals surface area contributed by atoms with Gasteiger partial charge in [-0.05, 0) is 55.2 Å². The lowest BCUT2D eigenvalue weighted by Gasteiger charge is -2.29. The zero-order valence-electron chi connectivity index (χ0n) is 15.3. The predicted octanol–water partition coefficient (Wildman–Crippen LogP) is 5.89. The molecule has 1 aliphatic carbocycles. The minimum Gasteiger partial charge on any atom is -0.292 e. The fraction of sp³-hybridized carbons (Fsp3) is 0.619. The first-order valence-corrected chi connectivity index (χ1v) is 9.43. The van der Waals surface area contributed by atoms with E-state index in [1.54, 1.807) is 0 Å². The van der Waals surface area contributed by atoms with Crippen LogP contribution in [-0.4, -0.2) is 5.97 Å². The lowest BCUT2D eigenvalue weighted by Crippen LogP contribution is -2.23. The lowest BCUT2D eigenvalue weighted by molar-refractivity contribution is -0.248. The zero-order valence-corrected chi connectivity index (χ0v) is 15.3. The van der Waals surface area contributed by atoms with Gasteiger partial charge >= 0.3 is 5.97 Å². The van der Waals surface area contributed by atoms with Gasteiger partial charge in [0.1, 0.15) is 0 Å². The third-order valence-electron chi connectivity index (χ3n) is 4.92. The molecule has 0 aromatic heterocycles. The van der Waals surface area contributed by atoms with E-state index in [0.29, 0.717) is 17.4 Å². The summed E-state index contributed by atoms with van der Waals surface area (Å²) in [5, 5.41) is 0. The summed E-state index contributed by atoms with van der Waals surface area (Å²) in [6.07, 6.45) is 10.2. The van der Waals surface area contributed by atoms with E-state index in [4.69, 9.17) is 9.78 Å². The molecule has 0 N–H and O–H groups in total. The van der Waals surface area contributed by atoms with Gasteiger partial charge in [-0.15, -0.1) is 0 Å². The second kappa shape index (κ2) is 9.83. The molecule has 0 amide bonds. The van der Waals surface area contributed by atoms with Crippen molar-refractivity contribution in [1.29, 1.82) is 0 Å². The van der Waals surface area contributed by atoms with Crippen LogP contribution in [0.3, 0.4) is 0 Å². The highest BCUT2D eigenvalue weighted by Crippen LogP contribution is 2.35. The Kier molecular flexibility index (Phi) is 7.77. The van der Waals surface area contributed by atoms with E-state index >= 15 is 0 Å². The molecular formula is C21H31O3. The van der Waals surface area contributed by atoms with Crippen molar-refractivity contribution in [2.45, 2.75) is 72.1 Å². The zero-order chi connectivity index (χ0) is 17.4. The van der Waals surface area contributed by atoms with Gasteiger partial charge in [-0.1, -0.05) is 58.6 Å². The molecule has 0 saturated heterocycles. The van der Waals surface area contributed by atoms with E-state index < -0.39 is 5.97 Å². The molecule has 1 radical (unpaired) electrons. The van der Waals surface area contributed by atoms with Gasteiger partial charge < -0.3 is 0 Å². The van der Waals surface area contributed by atoms with Crippen LogP contribution in [0.4, 0.5) is 0 Å². The molecule has 24 heavy (non-hydrogen) atoms. The first-order chi connectivity index (χ1) is 11.6. The molecule has 0 heterocycles. The fourth-order valence-electron chi connectivity index (χ4n) is 3.16. The molecule has 2 atom stereocenters. The van der Waals surface area contributed by atoms with Crippen molar-refractivity contribution in [1.82, 2.24) is 0 Å². The molecule has 1 fully saturated rings. The van der Waals surface area contributed by atoms with E-state index in [-0.39, 0.29) is 0 Å². The maximum atomic E-state index is 12.1. The standard InChI is InChI=1S/C21H31O3/c1-4-5-6-7-8-18-11-13-19(14-12-18)21(22)24-23-20-15-16(2)9-10-17(20)3/h11-14,16-17H,4-10,15H2,1-3H3. The largest absolute Gasteiger partial charge is 0.373 e. The van der Waals surface area contributed by atoms with Crippen LogP contribution in [0.15, 0.2) is 24.3 Å². The molecule has 1 aromatic rings. The molecule has 3 heteroatoms. The highest BCUT2D eigenvalue weighted by Gasteiger charge is 2.29. The Hall–Kier alpha value is -1.35. The monoisotopic (exact) mass is 331 g/mol. The normalized spacial score (nSPS) is 21.6. The Morgan fingerprint density at radius 2 is 1.83 bits per heavy atom. The second-order valence-corrected chi connectivity index (χ2v) is 7.22. The number of hydrogen-bond donors (Lipinski definition) is 0. The summed E-state index contributed by atoms with van der Waals surface area (Å²) in [5.74, 6) is 0.548. The maximum absolute atomic E-state index is 12.1. The van der Waals surface area contributed by atoms with Crippen LogP contribution in [0, 0.1) is 17.9 Å². The van der Waals surface area contributed by atoms with Crippen molar-refractivity contribution < 1.29 is 14.6 Å². The van der Waals surface area contributed by atoms with E-state index in [0.717, 1.165) is 25.4 Å². The van der Waals surface area contributed by atoms with Crippen LogP contribution < -0.4 is 0 Å². The number of aryl methyl sites for hydroxylation is 1. The molecule has 3 nitrogen and oxygen atoms in total. The average Bonchev–Trinajstić information content (AvgIpc) is 2.60. The van der Waals surface area contributed by atoms with Gasteiger partial charge in [0.25, 0.3) is 0 Å². The second-order valence-electron chi connectivity index (χ2n) is 7.22. The molecule has 133 valence electrons. The van der Waals surface area contributed by atoms with E-state index in [1.807, 2.05) is 24.3 Å². The van der Waals surface area contributed by atoms with E-state index in [2.05, 4.69) is 20.8 Å². The Balaban J connectivity index is 1.77. The van der Waals surface area contributed by atoms with Crippen molar-refractivity contribution in [2.75, 3.05) is 0 Å². The third-order valence-corrected chi connectivity index (χ3v) is 4.92. The van der Waals surface area contributed by atoms with Gasteiger partial charge in [-0.2, -0.15) is 4.89 Å². The van der Waals surface area contributed by atoms with Gasteiger partial charge in [0, 0.05) is 0 Å². The van der Waals surface area contributed by atoms with E-state index in [9.17, 15) is 4.79 Å². The minimum absolute atomic E-state index is 0.361. The van der Waals surface area contributed by atoms with Crippen molar-refractivity contribution in [3.05, 3.63) is 41.5 Å². The topological polar surface area (TPSA) is 35.5 Å². The summed E-state index contributed by atoms with van der Waals surface area (Å²) in [6.45, 7) is 6.55. The van der Waals surface area contributed by atoms with Gasteiger partial charge in [0.15, 0.2) is 6.10 Å². The number of carbonyl (C=O) groups excluding carboxylic acids is 1. The van der Waals surface area contributed by atoms with Crippen molar-refractivity contribution in [2.24, 2.45) is 11.8 Å². The summed E-state index contributed by atoms with van der Waals surface area (Å²) < 4.78 is 0. The molecule has 0 bridgehead atoms. The molecule has 1 saturated carbocycles. The predicted molar refractivity (Wildman–Crippen MR) is 96.2 cm³/mol. The molecule has 0 aliphatic heterocycles. The molecule has 0 spiro atoms. The summed E-state index contributed by atoms with van der Waals surface area (Å²) >= 11 is 0. The molecule has 2 rings (SSSR count). The third kappa shape index (κ3) is 5.94. The first kappa shape index (κ1) is 19.0. The summed E-state index contributed by atoms with van der Waals surface area (Å²) in [4.78, 5) is 22.6. The van der Waals surface area contributed by atoms with E-state index in [1.165, 1.54) is 37.7 Å². The SMILES string of the molecule is CCCCCCc1ccc(C(=O)OO[C]2CC(C)CCC2C)cc1. The highest BCUT2D eigenvalue weighted by molar-refractivity contribution is 5.88. The van der Waals surface area contributed by atoms with Gasteiger partial charge in [-0.3, -0.25) is 4.89 Å². The van der Waals surface area contributed by atoms with Gasteiger partial charge in [0.2, 0.25) is 0 Å². The smallest absolute Gasteiger partial charge is 0.292 e. The van der Waals surface area contributed by atoms with Crippen molar-refractivity contribution in [3.63, 3.8) is 0 Å². The fourth-order valence-corrected chi connectivity index (χ4v) is 3.16. The van der Waals surface area contributed by atoms with Crippen molar-refractivity contribution >= 4 is 5.97 Å². The van der Waals surface area contributed by atoms with Crippen LogP contribution in [0.1, 0.15) is 81.6 Å². The quantitative estimate of drug-likeness (QED) is 0.339.